The van der Waals surface area contributed by atoms with Gasteiger partial charge in [0.15, 0.2) is 5.75 Å². The van der Waals surface area contributed by atoms with Crippen molar-refractivity contribution in [2.45, 2.75) is 6.42 Å². The smallest absolute Gasteiger partial charge is 0.516 e. The molecule has 0 bridgehead atoms. The van der Waals surface area contributed by atoms with Gasteiger partial charge in [-0.2, -0.15) is 0 Å². The zero-order valence-corrected chi connectivity index (χ0v) is 8.22. The van der Waals surface area contributed by atoms with Crippen molar-refractivity contribution in [2.75, 3.05) is 0 Å². The van der Waals surface area contributed by atoms with Crippen molar-refractivity contribution >= 4 is 8.25 Å². The first kappa shape index (κ1) is 10.7. The van der Waals surface area contributed by atoms with Gasteiger partial charge in [-0.15, -0.1) is 4.89 Å². The summed E-state index contributed by atoms with van der Waals surface area (Å²) in [6.45, 7) is 0. The Morgan fingerprint density at radius 1 is 1.43 bits per heavy atom. The molecule has 1 rings (SSSR count). The highest BCUT2D eigenvalue weighted by Gasteiger charge is 2.16. The molecule has 0 fully saturated rings. The van der Waals surface area contributed by atoms with Crippen molar-refractivity contribution in [3.8, 4) is 5.75 Å². The van der Waals surface area contributed by atoms with Crippen LogP contribution in [0.4, 0.5) is 0 Å². The summed E-state index contributed by atoms with van der Waals surface area (Å²) in [6, 6.07) is 6.86. The highest BCUT2D eigenvalue weighted by atomic mass is 31.1. The number of hydrogen-bond acceptors (Lipinski definition) is 3. The van der Waals surface area contributed by atoms with Crippen LogP contribution in [0.3, 0.4) is 0 Å². The molecule has 1 aromatic rings. The van der Waals surface area contributed by atoms with Gasteiger partial charge in [0.1, 0.15) is 0 Å². The molecule has 0 spiro atoms. The molecule has 4 nitrogen and oxygen atoms in total. The van der Waals surface area contributed by atoms with Crippen LogP contribution in [0, 0.1) is 0 Å². The maximum Gasteiger partial charge on any atom is 0.747 e. The molecule has 5 heteroatoms. The Labute approximate surface area is 82.4 Å². The van der Waals surface area contributed by atoms with Crippen LogP contribution in [0.25, 0.3) is 0 Å². The molecule has 74 valence electrons. The Morgan fingerprint density at radius 2 is 2.14 bits per heavy atom. The van der Waals surface area contributed by atoms with E-state index in [9.17, 15) is 4.57 Å². The number of aliphatic hydroxyl groups is 1. The van der Waals surface area contributed by atoms with E-state index in [1.165, 1.54) is 6.08 Å². The molecule has 0 heterocycles. The lowest BCUT2D eigenvalue weighted by Crippen LogP contribution is -1.88. The Kier molecular flexibility index (Phi) is 4.11. The molecule has 1 atom stereocenters. The molecule has 1 aromatic carbocycles. The van der Waals surface area contributed by atoms with Crippen molar-refractivity contribution in [1.29, 1.82) is 0 Å². The summed E-state index contributed by atoms with van der Waals surface area (Å²) in [5.41, 5.74) is 0.746. The molecule has 0 saturated heterocycles. The van der Waals surface area contributed by atoms with E-state index >= 15 is 0 Å². The molecular weight excluding hydrogens is 203 g/mol. The van der Waals surface area contributed by atoms with Crippen LogP contribution in [0.2, 0.25) is 0 Å². The van der Waals surface area contributed by atoms with Crippen LogP contribution in [0.1, 0.15) is 5.56 Å². The topological polar surface area (TPSA) is 66.8 Å². The van der Waals surface area contributed by atoms with Crippen molar-refractivity contribution in [3.63, 3.8) is 0 Å². The van der Waals surface area contributed by atoms with Crippen molar-refractivity contribution in [2.24, 2.45) is 0 Å². The van der Waals surface area contributed by atoms with E-state index in [-0.39, 0.29) is 0 Å². The molecule has 0 aliphatic rings. The Morgan fingerprint density at radius 3 is 2.79 bits per heavy atom. The molecule has 0 aromatic heterocycles. The molecular formula is C9H10O4P+. The van der Waals surface area contributed by atoms with E-state index in [4.69, 9.17) is 14.5 Å². The second kappa shape index (κ2) is 5.37. The first-order valence-electron chi connectivity index (χ1n) is 3.95. The first-order valence-corrected chi connectivity index (χ1v) is 5.08. The number of para-hydroxylation sites is 1. The Balaban J connectivity index is 2.85. The molecule has 0 amide bonds. The summed E-state index contributed by atoms with van der Waals surface area (Å²) in [5.74, 6) is 0.356. The van der Waals surface area contributed by atoms with Crippen LogP contribution in [-0.4, -0.2) is 10.00 Å². The highest BCUT2D eigenvalue weighted by molar-refractivity contribution is 7.32. The van der Waals surface area contributed by atoms with Gasteiger partial charge < -0.3 is 5.11 Å². The van der Waals surface area contributed by atoms with Gasteiger partial charge in [0.25, 0.3) is 0 Å². The van der Waals surface area contributed by atoms with Gasteiger partial charge in [-0.3, -0.25) is 0 Å². The van der Waals surface area contributed by atoms with Crippen LogP contribution in [0.15, 0.2) is 36.6 Å². The lowest BCUT2D eigenvalue weighted by atomic mass is 10.1. The van der Waals surface area contributed by atoms with E-state index in [0.717, 1.165) is 11.8 Å². The highest BCUT2D eigenvalue weighted by Crippen LogP contribution is 2.26. The van der Waals surface area contributed by atoms with E-state index in [1.807, 2.05) is 0 Å². The van der Waals surface area contributed by atoms with Gasteiger partial charge in [0.2, 0.25) is 0 Å². The summed E-state index contributed by atoms with van der Waals surface area (Å²) >= 11 is 0. The van der Waals surface area contributed by atoms with Crippen molar-refractivity contribution in [3.05, 3.63) is 42.2 Å². The Bertz CT molecular complexity index is 348. The lowest BCUT2D eigenvalue weighted by molar-refractivity contribution is 0.409. The average molecular weight is 213 g/mol. The second-order valence-electron chi connectivity index (χ2n) is 2.53. The van der Waals surface area contributed by atoms with Crippen LogP contribution in [0.5, 0.6) is 5.75 Å². The third kappa shape index (κ3) is 3.17. The van der Waals surface area contributed by atoms with Crippen LogP contribution >= 0.6 is 8.25 Å². The van der Waals surface area contributed by atoms with E-state index in [0.29, 0.717) is 12.2 Å². The summed E-state index contributed by atoms with van der Waals surface area (Å²) in [4.78, 5) is 8.58. The summed E-state index contributed by atoms with van der Waals surface area (Å²) in [5, 5.41) is 8.47. The number of allylic oxidation sites excluding steroid dienone is 1. The van der Waals surface area contributed by atoms with Crippen molar-refractivity contribution in [1.82, 2.24) is 0 Å². The van der Waals surface area contributed by atoms with Gasteiger partial charge >= 0.3 is 8.25 Å². The van der Waals surface area contributed by atoms with Gasteiger partial charge in [0, 0.05) is 10.1 Å². The fraction of sp³-hybridized carbons (Fsp3) is 0.111. The van der Waals surface area contributed by atoms with Gasteiger partial charge in [-0.25, -0.2) is 4.52 Å². The largest absolute Gasteiger partial charge is 0.747 e. The minimum Gasteiger partial charge on any atom is -0.516 e. The molecule has 1 unspecified atom stereocenters. The minimum atomic E-state index is -2.64. The normalized spacial score (nSPS) is 11.6. The maximum absolute atomic E-state index is 10.5. The lowest BCUT2D eigenvalue weighted by Gasteiger charge is -1.99. The summed E-state index contributed by atoms with van der Waals surface area (Å²) in [7, 11) is -2.64. The number of rotatable bonds is 4. The number of hydrogen-bond donors (Lipinski definition) is 2. The fourth-order valence-electron chi connectivity index (χ4n) is 1.03. The Hall–Kier alpha value is -1.38. The predicted molar refractivity (Wildman–Crippen MR) is 52.4 cm³/mol. The third-order valence-electron chi connectivity index (χ3n) is 1.59. The van der Waals surface area contributed by atoms with E-state index in [2.05, 4.69) is 0 Å². The third-order valence-corrected chi connectivity index (χ3v) is 1.95. The van der Waals surface area contributed by atoms with E-state index < -0.39 is 8.25 Å². The fourth-order valence-corrected chi connectivity index (χ4v) is 1.37. The zero-order chi connectivity index (χ0) is 10.4. The SMILES string of the molecule is O=[P+](O)Oc1ccccc1CC=CO. The first-order chi connectivity index (χ1) is 6.74. The van der Waals surface area contributed by atoms with Crippen molar-refractivity contribution < 1.29 is 19.1 Å². The summed E-state index contributed by atoms with van der Waals surface area (Å²) in [6.07, 6.45) is 2.90. The number of benzene rings is 1. The molecule has 2 N–H and O–H groups in total. The van der Waals surface area contributed by atoms with Gasteiger partial charge in [-0.05, 0) is 18.6 Å². The molecule has 0 aliphatic heterocycles. The molecule has 0 aliphatic carbocycles. The zero-order valence-electron chi connectivity index (χ0n) is 7.33. The quantitative estimate of drug-likeness (QED) is 0.595. The molecule has 14 heavy (non-hydrogen) atoms. The maximum atomic E-state index is 10.5. The monoisotopic (exact) mass is 213 g/mol. The minimum absolute atomic E-state index is 0.356. The molecule has 0 saturated carbocycles. The standard InChI is InChI=1S/C9H9O4P/c10-7-3-5-8-4-1-2-6-9(8)13-14(11)12/h1-4,6-7H,5H2,(H-,10,11,12)/p+1. The molecule has 0 radical (unpaired) electrons. The average Bonchev–Trinajstić information content (AvgIpc) is 2.16. The second-order valence-corrected chi connectivity index (χ2v) is 3.18. The predicted octanol–water partition coefficient (Wildman–Crippen LogP) is 2.33. The van der Waals surface area contributed by atoms with Crippen LogP contribution < -0.4 is 4.52 Å². The van der Waals surface area contributed by atoms with E-state index in [1.54, 1.807) is 24.3 Å². The summed E-state index contributed by atoms with van der Waals surface area (Å²) < 4.78 is 15.1. The van der Waals surface area contributed by atoms with Gasteiger partial charge in [0.05, 0.1) is 6.26 Å². The van der Waals surface area contributed by atoms with Gasteiger partial charge in [-0.1, -0.05) is 18.2 Å². The number of aliphatic hydroxyl groups excluding tert-OH is 1. The van der Waals surface area contributed by atoms with Crippen LogP contribution in [-0.2, 0) is 11.0 Å².